The molecule has 0 spiro atoms. The first-order chi connectivity index (χ1) is 9.47. The molecule has 0 aliphatic carbocycles. The monoisotopic (exact) mass is 336 g/mol. The van der Waals surface area contributed by atoms with Gasteiger partial charge < -0.3 is 15.4 Å². The van der Waals surface area contributed by atoms with Crippen LogP contribution < -0.4 is 10.5 Å². The van der Waals surface area contributed by atoms with E-state index in [1.807, 2.05) is 0 Å². The van der Waals surface area contributed by atoms with E-state index in [0.717, 1.165) is 18.9 Å². The van der Waals surface area contributed by atoms with Crippen LogP contribution in [0.1, 0.15) is 19.8 Å². The van der Waals surface area contributed by atoms with Gasteiger partial charge in [0.1, 0.15) is 11.6 Å². The van der Waals surface area contributed by atoms with Gasteiger partial charge in [0, 0.05) is 19.1 Å². The molecule has 0 aromatic heterocycles. The first kappa shape index (κ1) is 18.0. The molecule has 0 saturated carbocycles. The SMILES string of the molecule is CC(Oc1ccc(F)cc1Cl)C(=O)N1CCCC(N)C1.Cl. The molecule has 118 valence electrons. The number of amides is 1. The summed E-state index contributed by atoms with van der Waals surface area (Å²) in [5.74, 6) is -0.265. The Labute approximate surface area is 134 Å². The molecule has 7 heteroatoms. The van der Waals surface area contributed by atoms with Crippen LogP contribution in [0.15, 0.2) is 18.2 Å². The zero-order chi connectivity index (χ0) is 14.7. The third-order valence-corrected chi connectivity index (χ3v) is 3.61. The minimum atomic E-state index is -0.678. The summed E-state index contributed by atoms with van der Waals surface area (Å²) in [6.07, 6.45) is 1.16. The molecule has 4 nitrogen and oxygen atoms in total. The molecular formula is C14H19Cl2FN2O2. The molecule has 1 aromatic carbocycles. The predicted octanol–water partition coefficient (Wildman–Crippen LogP) is 2.62. The lowest BCUT2D eigenvalue weighted by molar-refractivity contribution is -0.139. The maximum absolute atomic E-state index is 12.9. The minimum absolute atomic E-state index is 0. The Balaban J connectivity index is 0.00000220. The molecule has 1 aliphatic rings. The van der Waals surface area contributed by atoms with Gasteiger partial charge in [-0.3, -0.25) is 4.79 Å². The highest BCUT2D eigenvalue weighted by atomic mass is 35.5. The van der Waals surface area contributed by atoms with Crippen molar-refractivity contribution >= 4 is 29.9 Å². The number of hydrogen-bond donors (Lipinski definition) is 1. The van der Waals surface area contributed by atoms with Gasteiger partial charge in [-0.2, -0.15) is 0 Å². The molecule has 2 unspecified atom stereocenters. The molecule has 1 aliphatic heterocycles. The summed E-state index contributed by atoms with van der Waals surface area (Å²) >= 11 is 5.88. The summed E-state index contributed by atoms with van der Waals surface area (Å²) in [6, 6.07) is 3.85. The molecule has 0 bridgehead atoms. The van der Waals surface area contributed by atoms with E-state index in [1.165, 1.54) is 12.1 Å². The smallest absolute Gasteiger partial charge is 0.263 e. The van der Waals surface area contributed by atoms with Crippen LogP contribution in [-0.2, 0) is 4.79 Å². The Morgan fingerprint density at radius 2 is 2.29 bits per heavy atom. The van der Waals surface area contributed by atoms with Gasteiger partial charge in [0.2, 0.25) is 0 Å². The lowest BCUT2D eigenvalue weighted by atomic mass is 10.1. The highest BCUT2D eigenvalue weighted by Crippen LogP contribution is 2.26. The van der Waals surface area contributed by atoms with E-state index in [1.54, 1.807) is 11.8 Å². The molecular weight excluding hydrogens is 318 g/mol. The third kappa shape index (κ3) is 4.73. The van der Waals surface area contributed by atoms with Crippen LogP contribution in [-0.4, -0.2) is 36.0 Å². The minimum Gasteiger partial charge on any atom is -0.479 e. The molecule has 1 saturated heterocycles. The van der Waals surface area contributed by atoms with Crippen LogP contribution >= 0.6 is 24.0 Å². The van der Waals surface area contributed by atoms with Gasteiger partial charge in [-0.05, 0) is 38.0 Å². The normalized spacial score (nSPS) is 19.6. The van der Waals surface area contributed by atoms with Gasteiger partial charge in [-0.25, -0.2) is 4.39 Å². The van der Waals surface area contributed by atoms with Crippen molar-refractivity contribution in [2.24, 2.45) is 5.73 Å². The van der Waals surface area contributed by atoms with E-state index in [4.69, 9.17) is 22.1 Å². The molecule has 2 N–H and O–H groups in total. The summed E-state index contributed by atoms with van der Waals surface area (Å²) in [6.45, 7) is 2.89. The lowest BCUT2D eigenvalue weighted by Gasteiger charge is -2.32. The maximum atomic E-state index is 12.9. The fourth-order valence-electron chi connectivity index (χ4n) is 2.28. The largest absolute Gasteiger partial charge is 0.479 e. The number of halogens is 3. The standard InChI is InChI=1S/C14H18ClFN2O2.ClH/c1-9(14(19)18-6-2-3-11(17)8-18)20-13-5-4-10(16)7-12(13)15;/h4-5,7,9,11H,2-3,6,8,17H2,1H3;1H. The van der Waals surface area contributed by atoms with E-state index in [9.17, 15) is 9.18 Å². The van der Waals surface area contributed by atoms with Crippen LogP contribution in [0.4, 0.5) is 4.39 Å². The average molecular weight is 337 g/mol. The van der Waals surface area contributed by atoms with Crippen LogP contribution in [0.2, 0.25) is 5.02 Å². The molecule has 1 aromatic rings. The number of piperidine rings is 1. The van der Waals surface area contributed by atoms with Crippen LogP contribution in [0.25, 0.3) is 0 Å². The quantitative estimate of drug-likeness (QED) is 0.923. The van der Waals surface area contributed by atoms with Gasteiger partial charge in [-0.1, -0.05) is 11.6 Å². The highest BCUT2D eigenvalue weighted by molar-refractivity contribution is 6.32. The van der Waals surface area contributed by atoms with E-state index in [2.05, 4.69) is 0 Å². The Hall–Kier alpha value is -1.04. The van der Waals surface area contributed by atoms with Crippen LogP contribution in [0.5, 0.6) is 5.75 Å². The number of ether oxygens (including phenoxy) is 1. The predicted molar refractivity (Wildman–Crippen MR) is 82.5 cm³/mol. The zero-order valence-corrected chi connectivity index (χ0v) is 13.3. The van der Waals surface area contributed by atoms with E-state index in [-0.39, 0.29) is 29.4 Å². The summed E-state index contributed by atoms with van der Waals surface area (Å²) in [4.78, 5) is 14.0. The van der Waals surface area contributed by atoms with E-state index in [0.29, 0.717) is 18.8 Å². The van der Waals surface area contributed by atoms with Crippen LogP contribution in [0.3, 0.4) is 0 Å². The van der Waals surface area contributed by atoms with Crippen molar-refractivity contribution in [2.75, 3.05) is 13.1 Å². The van der Waals surface area contributed by atoms with Gasteiger partial charge in [0.15, 0.2) is 6.10 Å². The number of carbonyl (C=O) groups excluding carboxylic acids is 1. The first-order valence-corrected chi connectivity index (χ1v) is 7.01. The highest BCUT2D eigenvalue weighted by Gasteiger charge is 2.26. The summed E-state index contributed by atoms with van der Waals surface area (Å²) in [5, 5.41) is 0.153. The Morgan fingerprint density at radius 3 is 2.90 bits per heavy atom. The van der Waals surface area contributed by atoms with Crippen molar-refractivity contribution in [3.63, 3.8) is 0 Å². The fourth-order valence-corrected chi connectivity index (χ4v) is 2.49. The Morgan fingerprint density at radius 1 is 1.57 bits per heavy atom. The molecule has 2 atom stereocenters. The number of hydrogen-bond acceptors (Lipinski definition) is 3. The van der Waals surface area contributed by atoms with Gasteiger partial charge in [-0.15, -0.1) is 12.4 Å². The Bertz CT molecular complexity index is 502. The molecule has 1 fully saturated rings. The maximum Gasteiger partial charge on any atom is 0.263 e. The number of rotatable bonds is 3. The third-order valence-electron chi connectivity index (χ3n) is 3.31. The number of nitrogens with two attached hydrogens (primary N) is 1. The Kier molecular flexibility index (Phi) is 6.71. The second kappa shape index (κ2) is 7.82. The summed E-state index contributed by atoms with van der Waals surface area (Å²) < 4.78 is 18.5. The van der Waals surface area contributed by atoms with E-state index >= 15 is 0 Å². The van der Waals surface area contributed by atoms with Gasteiger partial charge in [0.05, 0.1) is 5.02 Å². The number of carbonyl (C=O) groups is 1. The topological polar surface area (TPSA) is 55.6 Å². The fraction of sp³-hybridized carbons (Fsp3) is 0.500. The van der Waals surface area contributed by atoms with E-state index < -0.39 is 11.9 Å². The number of nitrogens with zero attached hydrogens (tertiary/aromatic N) is 1. The number of likely N-dealkylation sites (tertiary alicyclic amines) is 1. The molecule has 1 amide bonds. The molecule has 0 radical (unpaired) electrons. The zero-order valence-electron chi connectivity index (χ0n) is 11.7. The molecule has 1 heterocycles. The van der Waals surface area contributed by atoms with Crippen molar-refractivity contribution in [3.05, 3.63) is 29.0 Å². The van der Waals surface area contributed by atoms with Crippen molar-refractivity contribution < 1.29 is 13.9 Å². The van der Waals surface area contributed by atoms with Crippen molar-refractivity contribution in [1.29, 1.82) is 0 Å². The van der Waals surface area contributed by atoms with Gasteiger partial charge >= 0.3 is 0 Å². The first-order valence-electron chi connectivity index (χ1n) is 6.63. The number of benzene rings is 1. The summed E-state index contributed by atoms with van der Waals surface area (Å²) in [5.41, 5.74) is 5.86. The van der Waals surface area contributed by atoms with Crippen molar-refractivity contribution in [2.45, 2.75) is 31.9 Å². The molecule has 21 heavy (non-hydrogen) atoms. The molecule has 2 rings (SSSR count). The lowest BCUT2D eigenvalue weighted by Crippen LogP contribution is -2.49. The van der Waals surface area contributed by atoms with Crippen LogP contribution in [0, 0.1) is 5.82 Å². The summed E-state index contributed by atoms with van der Waals surface area (Å²) in [7, 11) is 0. The average Bonchev–Trinajstić information content (AvgIpc) is 2.41. The van der Waals surface area contributed by atoms with Crippen molar-refractivity contribution in [3.8, 4) is 5.75 Å². The van der Waals surface area contributed by atoms with Crippen molar-refractivity contribution in [1.82, 2.24) is 4.90 Å². The second-order valence-corrected chi connectivity index (χ2v) is 5.43. The van der Waals surface area contributed by atoms with Gasteiger partial charge in [0.25, 0.3) is 5.91 Å². The second-order valence-electron chi connectivity index (χ2n) is 5.02.